The van der Waals surface area contributed by atoms with Crippen LogP contribution in [-0.2, 0) is 4.79 Å². The lowest BCUT2D eigenvalue weighted by molar-refractivity contribution is -0.119. The maximum absolute atomic E-state index is 11.7. The molecule has 5 nitrogen and oxygen atoms in total. The van der Waals surface area contributed by atoms with E-state index in [0.29, 0.717) is 18.3 Å². The SMILES string of the molecule is CC(C)CNC(=O)CNc1nccc2ccc(O)cc12. The molecule has 5 heteroatoms. The van der Waals surface area contributed by atoms with Crippen LogP contribution in [-0.4, -0.2) is 29.1 Å². The molecule has 3 N–H and O–H groups in total. The molecule has 0 aliphatic rings. The van der Waals surface area contributed by atoms with Crippen LogP contribution in [0.5, 0.6) is 5.75 Å². The number of amides is 1. The Morgan fingerprint density at radius 2 is 2.15 bits per heavy atom. The van der Waals surface area contributed by atoms with Crippen molar-refractivity contribution in [2.45, 2.75) is 13.8 Å². The maximum atomic E-state index is 11.7. The Morgan fingerprint density at radius 3 is 2.90 bits per heavy atom. The Labute approximate surface area is 118 Å². The van der Waals surface area contributed by atoms with E-state index in [1.807, 2.05) is 26.0 Å². The second-order valence-corrected chi connectivity index (χ2v) is 5.12. The van der Waals surface area contributed by atoms with Crippen molar-refractivity contribution in [2.75, 3.05) is 18.4 Å². The zero-order valence-electron chi connectivity index (χ0n) is 11.7. The fraction of sp³-hybridized carbons (Fsp3) is 0.333. The van der Waals surface area contributed by atoms with Gasteiger partial charge in [-0.05, 0) is 29.5 Å². The van der Waals surface area contributed by atoms with E-state index >= 15 is 0 Å². The number of hydrogen-bond donors (Lipinski definition) is 3. The number of rotatable bonds is 5. The van der Waals surface area contributed by atoms with Crippen molar-refractivity contribution in [3.05, 3.63) is 30.5 Å². The summed E-state index contributed by atoms with van der Waals surface area (Å²) in [5.41, 5.74) is 0. The van der Waals surface area contributed by atoms with Crippen molar-refractivity contribution in [1.29, 1.82) is 0 Å². The highest BCUT2D eigenvalue weighted by Crippen LogP contribution is 2.24. The van der Waals surface area contributed by atoms with E-state index in [0.717, 1.165) is 10.8 Å². The number of hydrogen-bond acceptors (Lipinski definition) is 4. The standard InChI is InChI=1S/C15H19N3O2/c1-10(2)8-17-14(20)9-18-15-13-7-12(19)4-3-11(13)5-6-16-15/h3-7,10,19H,8-9H2,1-2H3,(H,16,18)(H,17,20). The summed E-state index contributed by atoms with van der Waals surface area (Å²) in [7, 11) is 0. The van der Waals surface area contributed by atoms with Crippen molar-refractivity contribution < 1.29 is 9.90 Å². The molecule has 0 saturated carbocycles. The Morgan fingerprint density at radius 1 is 1.35 bits per heavy atom. The minimum Gasteiger partial charge on any atom is -0.508 e. The molecule has 2 rings (SSSR count). The number of carbonyl (C=O) groups is 1. The highest BCUT2D eigenvalue weighted by Gasteiger charge is 2.06. The Kier molecular flexibility index (Phi) is 4.40. The van der Waals surface area contributed by atoms with Crippen molar-refractivity contribution in [1.82, 2.24) is 10.3 Å². The smallest absolute Gasteiger partial charge is 0.239 e. The average Bonchev–Trinajstić information content (AvgIpc) is 2.42. The van der Waals surface area contributed by atoms with Crippen molar-refractivity contribution in [3.63, 3.8) is 0 Å². The predicted octanol–water partition coefficient (Wildman–Crippen LogP) is 2.12. The van der Waals surface area contributed by atoms with Crippen LogP contribution in [0.2, 0.25) is 0 Å². The molecule has 0 atom stereocenters. The van der Waals surface area contributed by atoms with E-state index in [-0.39, 0.29) is 18.2 Å². The van der Waals surface area contributed by atoms with Crippen LogP contribution in [0.15, 0.2) is 30.5 Å². The van der Waals surface area contributed by atoms with Gasteiger partial charge in [-0.1, -0.05) is 19.9 Å². The molecule has 0 fully saturated rings. The fourth-order valence-electron chi connectivity index (χ4n) is 1.84. The lowest BCUT2D eigenvalue weighted by Gasteiger charge is -2.10. The molecule has 1 aromatic heterocycles. The number of pyridine rings is 1. The second kappa shape index (κ2) is 6.23. The van der Waals surface area contributed by atoms with Gasteiger partial charge in [0.2, 0.25) is 5.91 Å². The molecule has 1 aromatic carbocycles. The van der Waals surface area contributed by atoms with E-state index in [9.17, 15) is 9.90 Å². The van der Waals surface area contributed by atoms with Gasteiger partial charge < -0.3 is 15.7 Å². The first-order chi connectivity index (χ1) is 9.56. The van der Waals surface area contributed by atoms with Crippen LogP contribution < -0.4 is 10.6 Å². The topological polar surface area (TPSA) is 74.2 Å². The van der Waals surface area contributed by atoms with E-state index in [2.05, 4.69) is 15.6 Å². The van der Waals surface area contributed by atoms with Gasteiger partial charge in [0, 0.05) is 18.1 Å². The number of nitrogens with zero attached hydrogens (tertiary/aromatic N) is 1. The summed E-state index contributed by atoms with van der Waals surface area (Å²) in [5, 5.41) is 17.1. The number of aromatic hydroxyl groups is 1. The molecule has 0 aliphatic heterocycles. The minimum absolute atomic E-state index is 0.0716. The lowest BCUT2D eigenvalue weighted by Crippen LogP contribution is -2.32. The number of nitrogens with one attached hydrogen (secondary N) is 2. The molecule has 2 aromatic rings. The maximum Gasteiger partial charge on any atom is 0.239 e. The van der Waals surface area contributed by atoms with Gasteiger partial charge in [0.1, 0.15) is 11.6 Å². The predicted molar refractivity (Wildman–Crippen MR) is 79.7 cm³/mol. The van der Waals surface area contributed by atoms with Crippen LogP contribution in [0.3, 0.4) is 0 Å². The highest BCUT2D eigenvalue weighted by atomic mass is 16.3. The number of fused-ring (bicyclic) bond motifs is 1. The molecule has 20 heavy (non-hydrogen) atoms. The van der Waals surface area contributed by atoms with E-state index in [4.69, 9.17) is 0 Å². The first-order valence-corrected chi connectivity index (χ1v) is 6.64. The normalized spacial score (nSPS) is 10.8. The molecule has 0 spiro atoms. The molecule has 0 unspecified atom stereocenters. The zero-order chi connectivity index (χ0) is 14.5. The van der Waals surface area contributed by atoms with Gasteiger partial charge in [-0.15, -0.1) is 0 Å². The van der Waals surface area contributed by atoms with Gasteiger partial charge in [0.05, 0.1) is 6.54 Å². The molecule has 0 aliphatic carbocycles. The highest BCUT2D eigenvalue weighted by molar-refractivity contribution is 5.94. The number of carbonyl (C=O) groups excluding carboxylic acids is 1. The Hall–Kier alpha value is -2.30. The Bertz CT molecular complexity index is 611. The minimum atomic E-state index is -0.0716. The average molecular weight is 273 g/mol. The van der Waals surface area contributed by atoms with Gasteiger partial charge in [0.25, 0.3) is 0 Å². The van der Waals surface area contributed by atoms with E-state index in [1.54, 1.807) is 18.3 Å². The zero-order valence-corrected chi connectivity index (χ0v) is 11.7. The summed E-state index contributed by atoms with van der Waals surface area (Å²) >= 11 is 0. The number of phenolic OH excluding ortho intramolecular Hbond substituents is 1. The molecule has 0 bridgehead atoms. The van der Waals surface area contributed by atoms with Gasteiger partial charge in [-0.3, -0.25) is 4.79 Å². The van der Waals surface area contributed by atoms with Crippen LogP contribution in [0.1, 0.15) is 13.8 Å². The molecule has 1 amide bonds. The van der Waals surface area contributed by atoms with Crippen molar-refractivity contribution in [2.24, 2.45) is 5.92 Å². The molecular weight excluding hydrogens is 254 g/mol. The monoisotopic (exact) mass is 273 g/mol. The van der Waals surface area contributed by atoms with Crippen LogP contribution in [0, 0.1) is 5.92 Å². The summed E-state index contributed by atoms with van der Waals surface area (Å²) in [5.74, 6) is 1.13. The first kappa shape index (κ1) is 14.1. The molecular formula is C15H19N3O2. The van der Waals surface area contributed by atoms with Crippen LogP contribution in [0.4, 0.5) is 5.82 Å². The van der Waals surface area contributed by atoms with Gasteiger partial charge >= 0.3 is 0 Å². The fourth-order valence-corrected chi connectivity index (χ4v) is 1.84. The Balaban J connectivity index is 2.06. The summed E-state index contributed by atoms with van der Waals surface area (Å²) in [6, 6.07) is 6.94. The first-order valence-electron chi connectivity index (χ1n) is 6.64. The molecule has 0 radical (unpaired) electrons. The largest absolute Gasteiger partial charge is 0.508 e. The molecule has 1 heterocycles. The summed E-state index contributed by atoms with van der Waals surface area (Å²) in [4.78, 5) is 15.9. The van der Waals surface area contributed by atoms with Gasteiger partial charge in [0.15, 0.2) is 0 Å². The third-order valence-corrected chi connectivity index (χ3v) is 2.87. The molecule has 0 saturated heterocycles. The van der Waals surface area contributed by atoms with Gasteiger partial charge in [-0.25, -0.2) is 4.98 Å². The summed E-state index contributed by atoms with van der Waals surface area (Å²) < 4.78 is 0. The van der Waals surface area contributed by atoms with Crippen LogP contribution in [0.25, 0.3) is 10.8 Å². The van der Waals surface area contributed by atoms with E-state index < -0.39 is 0 Å². The summed E-state index contributed by atoms with van der Waals surface area (Å²) in [6.45, 7) is 4.91. The number of benzene rings is 1. The number of phenols is 1. The summed E-state index contributed by atoms with van der Waals surface area (Å²) in [6.07, 6.45) is 1.67. The number of anilines is 1. The van der Waals surface area contributed by atoms with Gasteiger partial charge in [-0.2, -0.15) is 0 Å². The van der Waals surface area contributed by atoms with Crippen molar-refractivity contribution >= 4 is 22.5 Å². The second-order valence-electron chi connectivity index (χ2n) is 5.12. The number of aromatic nitrogens is 1. The van der Waals surface area contributed by atoms with Crippen molar-refractivity contribution in [3.8, 4) is 5.75 Å². The third-order valence-electron chi connectivity index (χ3n) is 2.87. The third kappa shape index (κ3) is 3.60. The van der Waals surface area contributed by atoms with Crippen LogP contribution >= 0.6 is 0 Å². The lowest BCUT2D eigenvalue weighted by atomic mass is 10.1. The quantitative estimate of drug-likeness (QED) is 0.780. The molecule has 106 valence electrons. The van der Waals surface area contributed by atoms with E-state index in [1.165, 1.54) is 0 Å².